The molecule has 1 rings (SSSR count). The van der Waals surface area contributed by atoms with E-state index in [1.165, 1.54) is 25.2 Å². The Balaban J connectivity index is 2.50. The molecule has 3 N–H and O–H groups in total. The van der Waals surface area contributed by atoms with Crippen molar-refractivity contribution in [3.05, 3.63) is 29.6 Å². The molecule has 0 aromatic heterocycles. The first-order valence-corrected chi connectivity index (χ1v) is 4.52. The van der Waals surface area contributed by atoms with Gasteiger partial charge in [0.15, 0.2) is 0 Å². The highest BCUT2D eigenvalue weighted by Crippen LogP contribution is 2.17. The minimum absolute atomic E-state index is 0.0146. The van der Waals surface area contributed by atoms with E-state index >= 15 is 0 Å². The standard InChI is InChI=1S/C10H13FN2O2/c1-12-10(15)6-13-5-7-4-8(11)2-3-9(7)14/h2-4,13-14H,5-6H2,1H3,(H,12,15). The van der Waals surface area contributed by atoms with Crippen LogP contribution in [0, 0.1) is 5.82 Å². The minimum atomic E-state index is -0.412. The largest absolute Gasteiger partial charge is 0.508 e. The van der Waals surface area contributed by atoms with Gasteiger partial charge in [-0.3, -0.25) is 4.79 Å². The molecule has 0 aliphatic carbocycles. The zero-order valence-electron chi connectivity index (χ0n) is 8.38. The number of carbonyl (C=O) groups excluding carboxylic acids is 1. The van der Waals surface area contributed by atoms with Crippen molar-refractivity contribution in [1.82, 2.24) is 10.6 Å². The summed E-state index contributed by atoms with van der Waals surface area (Å²) >= 11 is 0. The fourth-order valence-corrected chi connectivity index (χ4v) is 1.09. The van der Waals surface area contributed by atoms with Crippen LogP contribution in [0.1, 0.15) is 5.56 Å². The first-order chi connectivity index (χ1) is 7.13. The van der Waals surface area contributed by atoms with Crippen LogP contribution in [0.2, 0.25) is 0 Å². The van der Waals surface area contributed by atoms with E-state index in [4.69, 9.17) is 0 Å². The van der Waals surface area contributed by atoms with Crippen LogP contribution in [0.4, 0.5) is 4.39 Å². The van der Waals surface area contributed by atoms with Crippen molar-refractivity contribution in [3.8, 4) is 5.75 Å². The third-order valence-electron chi connectivity index (χ3n) is 1.92. The Morgan fingerprint density at radius 1 is 1.53 bits per heavy atom. The number of halogens is 1. The molecule has 4 nitrogen and oxygen atoms in total. The van der Waals surface area contributed by atoms with Crippen molar-refractivity contribution in [2.75, 3.05) is 13.6 Å². The molecule has 0 unspecified atom stereocenters. The van der Waals surface area contributed by atoms with Crippen molar-refractivity contribution in [2.24, 2.45) is 0 Å². The lowest BCUT2D eigenvalue weighted by atomic mass is 10.2. The van der Waals surface area contributed by atoms with E-state index in [-0.39, 0.29) is 24.7 Å². The van der Waals surface area contributed by atoms with Gasteiger partial charge in [-0.25, -0.2) is 4.39 Å². The molecule has 1 amide bonds. The maximum absolute atomic E-state index is 12.8. The Morgan fingerprint density at radius 2 is 2.27 bits per heavy atom. The number of hydrogen-bond acceptors (Lipinski definition) is 3. The molecular formula is C10H13FN2O2. The zero-order chi connectivity index (χ0) is 11.3. The fourth-order valence-electron chi connectivity index (χ4n) is 1.09. The molecule has 82 valence electrons. The van der Waals surface area contributed by atoms with E-state index in [1.54, 1.807) is 0 Å². The maximum Gasteiger partial charge on any atom is 0.233 e. The molecule has 0 fully saturated rings. The first-order valence-electron chi connectivity index (χ1n) is 4.52. The number of hydrogen-bond donors (Lipinski definition) is 3. The van der Waals surface area contributed by atoms with Gasteiger partial charge in [0.1, 0.15) is 11.6 Å². The molecule has 0 atom stereocenters. The number of benzene rings is 1. The van der Waals surface area contributed by atoms with Gasteiger partial charge in [-0.2, -0.15) is 0 Å². The van der Waals surface area contributed by atoms with Gasteiger partial charge in [-0.1, -0.05) is 0 Å². The molecule has 5 heteroatoms. The number of nitrogens with one attached hydrogen (secondary N) is 2. The van der Waals surface area contributed by atoms with Gasteiger partial charge in [-0.05, 0) is 18.2 Å². The molecule has 0 aliphatic rings. The van der Waals surface area contributed by atoms with Crippen LogP contribution in [-0.2, 0) is 11.3 Å². The van der Waals surface area contributed by atoms with E-state index in [2.05, 4.69) is 10.6 Å². The number of rotatable bonds is 4. The van der Waals surface area contributed by atoms with Gasteiger partial charge >= 0.3 is 0 Å². The predicted octanol–water partition coefficient (Wildman–Crippen LogP) is 0.367. The van der Waals surface area contributed by atoms with Gasteiger partial charge in [-0.15, -0.1) is 0 Å². The van der Waals surface area contributed by atoms with Crippen molar-refractivity contribution >= 4 is 5.91 Å². The first kappa shape index (κ1) is 11.5. The Bertz CT molecular complexity index is 355. The molecule has 0 radical (unpaired) electrons. The minimum Gasteiger partial charge on any atom is -0.508 e. The Labute approximate surface area is 87.1 Å². The second-order valence-corrected chi connectivity index (χ2v) is 3.05. The summed E-state index contributed by atoms with van der Waals surface area (Å²) in [5, 5.41) is 14.6. The number of phenols is 1. The summed E-state index contributed by atoms with van der Waals surface area (Å²) in [6.45, 7) is 0.378. The second kappa shape index (κ2) is 5.31. The van der Waals surface area contributed by atoms with Crippen LogP contribution in [0.5, 0.6) is 5.75 Å². The molecule has 0 heterocycles. The average molecular weight is 212 g/mol. The maximum atomic E-state index is 12.8. The second-order valence-electron chi connectivity index (χ2n) is 3.05. The monoisotopic (exact) mass is 212 g/mol. The number of carbonyl (C=O) groups is 1. The smallest absolute Gasteiger partial charge is 0.233 e. The van der Waals surface area contributed by atoms with Crippen LogP contribution >= 0.6 is 0 Å². The summed E-state index contributed by atoms with van der Waals surface area (Å²) in [5.74, 6) is -0.559. The van der Waals surface area contributed by atoms with Gasteiger partial charge in [0.2, 0.25) is 5.91 Å². The molecule has 1 aromatic rings. The molecule has 1 aromatic carbocycles. The summed E-state index contributed by atoms with van der Waals surface area (Å²) < 4.78 is 12.8. The summed E-state index contributed by atoms with van der Waals surface area (Å²) in [6, 6.07) is 3.69. The quantitative estimate of drug-likeness (QED) is 0.675. The lowest BCUT2D eigenvalue weighted by Crippen LogP contribution is -2.30. The fraction of sp³-hybridized carbons (Fsp3) is 0.300. The SMILES string of the molecule is CNC(=O)CNCc1cc(F)ccc1O. The normalized spacial score (nSPS) is 10.0. The van der Waals surface area contributed by atoms with E-state index < -0.39 is 5.82 Å². The number of likely N-dealkylation sites (N-methyl/N-ethyl adjacent to an activating group) is 1. The summed E-state index contributed by atoms with van der Waals surface area (Å²) in [7, 11) is 1.53. The van der Waals surface area contributed by atoms with Crippen molar-refractivity contribution < 1.29 is 14.3 Å². The van der Waals surface area contributed by atoms with Crippen molar-refractivity contribution in [3.63, 3.8) is 0 Å². The van der Waals surface area contributed by atoms with Gasteiger partial charge < -0.3 is 15.7 Å². The highest BCUT2D eigenvalue weighted by atomic mass is 19.1. The molecule has 0 saturated heterocycles. The van der Waals surface area contributed by atoms with Crippen LogP contribution in [0.15, 0.2) is 18.2 Å². The topological polar surface area (TPSA) is 61.4 Å². The van der Waals surface area contributed by atoms with E-state index in [0.29, 0.717) is 5.56 Å². The highest BCUT2D eigenvalue weighted by Gasteiger charge is 2.03. The Kier molecular flexibility index (Phi) is 4.05. The molecule has 0 spiro atoms. The van der Waals surface area contributed by atoms with E-state index in [1.807, 2.05) is 0 Å². The Morgan fingerprint density at radius 3 is 2.93 bits per heavy atom. The zero-order valence-corrected chi connectivity index (χ0v) is 8.38. The van der Waals surface area contributed by atoms with Crippen molar-refractivity contribution in [1.29, 1.82) is 0 Å². The number of phenolic OH excluding ortho intramolecular Hbond substituents is 1. The van der Waals surface area contributed by atoms with Crippen LogP contribution in [0.25, 0.3) is 0 Å². The predicted molar refractivity (Wildman–Crippen MR) is 53.8 cm³/mol. The van der Waals surface area contributed by atoms with Gasteiger partial charge in [0, 0.05) is 19.2 Å². The third-order valence-corrected chi connectivity index (χ3v) is 1.92. The van der Waals surface area contributed by atoms with Crippen LogP contribution < -0.4 is 10.6 Å². The summed E-state index contributed by atoms with van der Waals surface area (Å²) in [6.07, 6.45) is 0. The lowest BCUT2D eigenvalue weighted by Gasteiger charge is -2.06. The van der Waals surface area contributed by atoms with E-state index in [9.17, 15) is 14.3 Å². The molecule has 15 heavy (non-hydrogen) atoms. The third kappa shape index (κ3) is 3.55. The molecule has 0 saturated carbocycles. The van der Waals surface area contributed by atoms with E-state index in [0.717, 1.165) is 0 Å². The van der Waals surface area contributed by atoms with Crippen LogP contribution in [0.3, 0.4) is 0 Å². The number of amides is 1. The summed E-state index contributed by atoms with van der Waals surface area (Å²) in [5.41, 5.74) is 0.430. The number of aromatic hydroxyl groups is 1. The van der Waals surface area contributed by atoms with Gasteiger partial charge in [0.25, 0.3) is 0 Å². The Hall–Kier alpha value is -1.62. The van der Waals surface area contributed by atoms with Crippen molar-refractivity contribution in [2.45, 2.75) is 6.54 Å². The highest BCUT2D eigenvalue weighted by molar-refractivity contribution is 5.77. The molecular weight excluding hydrogens is 199 g/mol. The molecule has 0 bridgehead atoms. The van der Waals surface area contributed by atoms with Crippen LogP contribution in [-0.4, -0.2) is 24.6 Å². The summed E-state index contributed by atoms with van der Waals surface area (Å²) in [4.78, 5) is 10.8. The average Bonchev–Trinajstić information content (AvgIpc) is 2.23. The lowest BCUT2D eigenvalue weighted by molar-refractivity contribution is -0.119. The van der Waals surface area contributed by atoms with Gasteiger partial charge in [0.05, 0.1) is 6.54 Å². The molecule has 0 aliphatic heterocycles.